The van der Waals surface area contributed by atoms with Gasteiger partial charge in [0.15, 0.2) is 0 Å². The van der Waals surface area contributed by atoms with Crippen LogP contribution < -0.4 is 10.6 Å². The summed E-state index contributed by atoms with van der Waals surface area (Å²) in [5, 5.41) is 9.92. The van der Waals surface area contributed by atoms with Crippen LogP contribution in [0.3, 0.4) is 0 Å². The van der Waals surface area contributed by atoms with Gasteiger partial charge in [-0.1, -0.05) is 42.5 Å². The largest absolute Gasteiger partial charge is 0.353 e. The second kappa shape index (κ2) is 8.70. The number of carbonyl (C=O) groups excluding carboxylic acids is 1. The molecule has 0 spiro atoms. The SMILES string of the molecule is CC(C)NC(=O)[C@@H]1C[C@@H](NC2C3CC4CC(C3)CC2C4)CN1Cc1cccc2ccccc12. The second-order valence-electron chi connectivity index (χ2n) is 11.8. The number of fused-ring (bicyclic) bond motifs is 1. The quantitative estimate of drug-likeness (QED) is 0.676. The Balaban J connectivity index is 1.21. The Kier molecular flexibility index (Phi) is 5.70. The van der Waals surface area contributed by atoms with E-state index in [-0.39, 0.29) is 18.0 Å². The van der Waals surface area contributed by atoms with Crippen LogP contribution in [0.2, 0.25) is 0 Å². The third-order valence-corrected chi connectivity index (χ3v) is 9.05. The molecule has 2 aromatic rings. The minimum Gasteiger partial charge on any atom is -0.353 e. The van der Waals surface area contributed by atoms with Gasteiger partial charge in [0.1, 0.15) is 0 Å². The normalized spacial score (nSPS) is 35.5. The number of benzene rings is 2. The van der Waals surface area contributed by atoms with Crippen molar-refractivity contribution in [1.29, 1.82) is 0 Å². The smallest absolute Gasteiger partial charge is 0.237 e. The summed E-state index contributed by atoms with van der Waals surface area (Å²) < 4.78 is 0. The van der Waals surface area contributed by atoms with E-state index in [9.17, 15) is 4.79 Å². The van der Waals surface area contributed by atoms with E-state index in [1.165, 1.54) is 48.4 Å². The van der Waals surface area contributed by atoms with Crippen LogP contribution in [0.4, 0.5) is 0 Å². The Morgan fingerprint density at radius 2 is 1.64 bits per heavy atom. The number of nitrogens with one attached hydrogen (secondary N) is 2. The molecule has 4 aliphatic carbocycles. The summed E-state index contributed by atoms with van der Waals surface area (Å²) in [6.07, 6.45) is 8.18. The molecule has 5 aliphatic rings. The monoisotopic (exact) mass is 445 g/mol. The maximum atomic E-state index is 13.2. The number of hydrogen-bond donors (Lipinski definition) is 2. The predicted octanol–water partition coefficient (Wildman–Crippen LogP) is 4.72. The third kappa shape index (κ3) is 4.21. The Labute approximate surface area is 198 Å². The predicted molar refractivity (Wildman–Crippen MR) is 134 cm³/mol. The average molecular weight is 446 g/mol. The molecule has 4 heteroatoms. The molecule has 1 saturated heterocycles. The van der Waals surface area contributed by atoms with Crippen molar-refractivity contribution in [2.75, 3.05) is 6.54 Å². The fourth-order valence-electron chi connectivity index (χ4n) is 7.97. The maximum Gasteiger partial charge on any atom is 0.237 e. The molecule has 33 heavy (non-hydrogen) atoms. The molecule has 5 fully saturated rings. The molecule has 1 aliphatic heterocycles. The van der Waals surface area contributed by atoms with E-state index in [2.05, 4.69) is 71.8 Å². The van der Waals surface area contributed by atoms with Gasteiger partial charge < -0.3 is 10.6 Å². The molecular weight excluding hydrogens is 406 g/mol. The lowest BCUT2D eigenvalue weighted by Crippen LogP contribution is -2.57. The van der Waals surface area contributed by atoms with E-state index in [4.69, 9.17) is 0 Å². The Hall–Kier alpha value is -1.91. The molecule has 4 bridgehead atoms. The van der Waals surface area contributed by atoms with Gasteiger partial charge >= 0.3 is 0 Å². The van der Waals surface area contributed by atoms with Crippen LogP contribution >= 0.6 is 0 Å². The molecule has 2 aromatic carbocycles. The lowest BCUT2D eigenvalue weighted by molar-refractivity contribution is -0.126. The van der Waals surface area contributed by atoms with E-state index >= 15 is 0 Å². The Morgan fingerprint density at radius 1 is 0.939 bits per heavy atom. The number of likely N-dealkylation sites (tertiary alicyclic amines) is 1. The van der Waals surface area contributed by atoms with Crippen molar-refractivity contribution in [3.05, 3.63) is 48.0 Å². The minimum atomic E-state index is -0.0549. The van der Waals surface area contributed by atoms with Crippen LogP contribution in [0.5, 0.6) is 0 Å². The summed E-state index contributed by atoms with van der Waals surface area (Å²) in [6, 6.07) is 16.4. The zero-order valence-corrected chi connectivity index (χ0v) is 20.2. The molecule has 0 aromatic heterocycles. The zero-order chi connectivity index (χ0) is 22.5. The van der Waals surface area contributed by atoms with Gasteiger partial charge in [-0.3, -0.25) is 9.69 Å². The van der Waals surface area contributed by atoms with Crippen LogP contribution in [0.15, 0.2) is 42.5 Å². The molecule has 2 atom stereocenters. The van der Waals surface area contributed by atoms with Crippen LogP contribution in [-0.4, -0.2) is 41.5 Å². The molecule has 2 N–H and O–H groups in total. The fourth-order valence-corrected chi connectivity index (χ4v) is 7.97. The minimum absolute atomic E-state index is 0.0549. The highest BCUT2D eigenvalue weighted by molar-refractivity contribution is 5.86. The molecule has 0 unspecified atom stereocenters. The number of carbonyl (C=O) groups is 1. The van der Waals surface area contributed by atoms with Gasteiger partial charge in [-0.15, -0.1) is 0 Å². The first-order valence-corrected chi connectivity index (χ1v) is 13.3. The van der Waals surface area contributed by atoms with Crippen molar-refractivity contribution in [2.24, 2.45) is 23.7 Å². The molecule has 4 saturated carbocycles. The molecule has 1 amide bonds. The van der Waals surface area contributed by atoms with Gasteiger partial charge in [0.25, 0.3) is 0 Å². The zero-order valence-electron chi connectivity index (χ0n) is 20.2. The number of nitrogens with zero attached hydrogens (tertiary/aromatic N) is 1. The first-order chi connectivity index (χ1) is 16.0. The van der Waals surface area contributed by atoms with Gasteiger partial charge in [-0.05, 0) is 92.4 Å². The van der Waals surface area contributed by atoms with Crippen molar-refractivity contribution in [2.45, 2.75) is 83.1 Å². The molecule has 1 heterocycles. The second-order valence-corrected chi connectivity index (χ2v) is 11.8. The van der Waals surface area contributed by atoms with Gasteiger partial charge in [0.2, 0.25) is 5.91 Å². The first-order valence-electron chi connectivity index (χ1n) is 13.3. The van der Waals surface area contributed by atoms with Gasteiger partial charge in [-0.25, -0.2) is 0 Å². The fraction of sp³-hybridized carbons (Fsp3) is 0.621. The van der Waals surface area contributed by atoms with Crippen LogP contribution in [-0.2, 0) is 11.3 Å². The van der Waals surface area contributed by atoms with E-state index in [1.54, 1.807) is 0 Å². The number of hydrogen-bond acceptors (Lipinski definition) is 3. The summed E-state index contributed by atoms with van der Waals surface area (Å²) >= 11 is 0. The van der Waals surface area contributed by atoms with Crippen molar-refractivity contribution in [1.82, 2.24) is 15.5 Å². The lowest BCUT2D eigenvalue weighted by atomic mass is 9.54. The van der Waals surface area contributed by atoms with Crippen molar-refractivity contribution in [3.8, 4) is 0 Å². The summed E-state index contributed by atoms with van der Waals surface area (Å²) in [5.74, 6) is 3.94. The van der Waals surface area contributed by atoms with Crippen molar-refractivity contribution in [3.63, 3.8) is 0 Å². The van der Waals surface area contributed by atoms with Crippen LogP contribution in [0.25, 0.3) is 10.8 Å². The molecule has 0 radical (unpaired) electrons. The van der Waals surface area contributed by atoms with E-state index in [0.717, 1.165) is 43.2 Å². The maximum absolute atomic E-state index is 13.2. The van der Waals surface area contributed by atoms with Crippen molar-refractivity contribution >= 4 is 16.7 Å². The summed E-state index contributed by atoms with van der Waals surface area (Å²) in [5.41, 5.74) is 1.32. The topological polar surface area (TPSA) is 44.4 Å². The molecule has 176 valence electrons. The summed E-state index contributed by atoms with van der Waals surface area (Å²) in [7, 11) is 0. The standard InChI is InChI=1S/C29H39N3O/c1-18(2)30-29(33)27-15-25(31-28-23-11-19-10-20(13-23)14-24(28)12-19)17-32(27)16-22-8-5-7-21-6-3-4-9-26(21)22/h3-9,18-20,23-25,27-28,31H,10-17H2,1-2H3,(H,30,33)/t19?,20?,23?,24?,25-,27+,28?/m1/s1. The van der Waals surface area contributed by atoms with Gasteiger partial charge in [0, 0.05) is 31.2 Å². The Bertz CT molecular complexity index is 984. The third-order valence-electron chi connectivity index (χ3n) is 9.05. The van der Waals surface area contributed by atoms with Crippen LogP contribution in [0, 0.1) is 23.7 Å². The Morgan fingerprint density at radius 3 is 2.36 bits per heavy atom. The number of amides is 1. The van der Waals surface area contributed by atoms with E-state index in [1.807, 2.05) is 0 Å². The lowest BCUT2D eigenvalue weighted by Gasteiger charge is -2.55. The van der Waals surface area contributed by atoms with Gasteiger partial charge in [-0.2, -0.15) is 0 Å². The molecular formula is C29H39N3O. The first kappa shape index (κ1) is 21.6. The highest BCUT2D eigenvalue weighted by Gasteiger charge is 2.49. The molecule has 4 nitrogen and oxygen atoms in total. The summed E-state index contributed by atoms with van der Waals surface area (Å²) in [6.45, 7) is 5.91. The van der Waals surface area contributed by atoms with E-state index < -0.39 is 0 Å². The highest BCUT2D eigenvalue weighted by Crippen LogP contribution is 2.54. The van der Waals surface area contributed by atoms with Crippen LogP contribution in [0.1, 0.15) is 57.9 Å². The van der Waals surface area contributed by atoms with Gasteiger partial charge in [0.05, 0.1) is 6.04 Å². The van der Waals surface area contributed by atoms with Crippen molar-refractivity contribution < 1.29 is 4.79 Å². The number of rotatable bonds is 6. The molecule has 7 rings (SSSR count). The highest BCUT2D eigenvalue weighted by atomic mass is 16.2. The summed E-state index contributed by atoms with van der Waals surface area (Å²) in [4.78, 5) is 15.7. The average Bonchev–Trinajstić information content (AvgIpc) is 3.18. The van der Waals surface area contributed by atoms with E-state index in [0.29, 0.717) is 12.1 Å².